The Kier molecular flexibility index (Phi) is 8.46. The Hall–Kier alpha value is 0.110. The van der Waals surface area contributed by atoms with E-state index in [1.54, 1.807) is 16.4 Å². The van der Waals surface area contributed by atoms with Crippen LogP contribution in [0.1, 0.15) is 11.3 Å². The second-order valence-corrected chi connectivity index (χ2v) is 7.27. The number of nitrogens with zero attached hydrogens (tertiary/aromatic N) is 1. The van der Waals surface area contributed by atoms with Crippen molar-refractivity contribution in [1.29, 1.82) is 0 Å². The normalized spacial score (nSPS) is 17.1. The van der Waals surface area contributed by atoms with Crippen LogP contribution in [-0.4, -0.2) is 38.9 Å². The molecule has 0 radical (unpaired) electrons. The molecule has 1 saturated heterocycles. The Balaban J connectivity index is 0.00000162. The van der Waals surface area contributed by atoms with E-state index in [1.807, 2.05) is 0 Å². The smallest absolute Gasteiger partial charge is 0.252 e. The molecule has 19 heavy (non-hydrogen) atoms. The highest BCUT2D eigenvalue weighted by atomic mass is 35.5. The molecule has 1 aromatic rings. The van der Waals surface area contributed by atoms with Crippen LogP contribution in [0.5, 0.6) is 0 Å². The molecule has 0 atom stereocenters. The van der Waals surface area contributed by atoms with Gasteiger partial charge >= 0.3 is 0 Å². The summed E-state index contributed by atoms with van der Waals surface area (Å²) in [6.45, 7) is 3.12. The maximum atomic E-state index is 12.3. The molecule has 9 heteroatoms. The summed E-state index contributed by atoms with van der Waals surface area (Å²) in [5.41, 5.74) is 5.50. The number of hydrogen-bond donors (Lipinski definition) is 2. The average molecular weight is 348 g/mol. The van der Waals surface area contributed by atoms with Gasteiger partial charge in [0.05, 0.1) is 0 Å². The molecule has 0 saturated carbocycles. The first-order valence-corrected chi connectivity index (χ1v) is 7.90. The second kappa shape index (κ2) is 8.41. The van der Waals surface area contributed by atoms with Crippen molar-refractivity contribution in [3.05, 3.63) is 17.0 Å². The highest BCUT2D eigenvalue weighted by Gasteiger charge is 2.26. The summed E-state index contributed by atoms with van der Waals surface area (Å²) in [6, 6.07) is 3.44. The molecule has 0 spiro atoms. The molecule has 1 aliphatic rings. The third-order valence-corrected chi connectivity index (χ3v) is 6.20. The summed E-state index contributed by atoms with van der Waals surface area (Å²) >= 11 is 1.27. The summed E-state index contributed by atoms with van der Waals surface area (Å²) in [5, 5.41) is 3.19. The summed E-state index contributed by atoms with van der Waals surface area (Å²) in [6.07, 6.45) is 0.856. The molecular weight excluding hydrogens is 329 g/mol. The van der Waals surface area contributed by atoms with Gasteiger partial charge in [0.15, 0.2) is 0 Å². The van der Waals surface area contributed by atoms with Crippen LogP contribution in [0, 0.1) is 0 Å². The molecule has 0 amide bonds. The molecule has 112 valence electrons. The van der Waals surface area contributed by atoms with Gasteiger partial charge in [-0.2, -0.15) is 4.31 Å². The van der Waals surface area contributed by atoms with Crippen molar-refractivity contribution >= 4 is 46.2 Å². The average Bonchev–Trinajstić information content (AvgIpc) is 2.64. The lowest BCUT2D eigenvalue weighted by Crippen LogP contribution is -2.33. The highest BCUT2D eigenvalue weighted by Crippen LogP contribution is 2.24. The minimum absolute atomic E-state index is 0. The number of rotatable bonds is 3. The van der Waals surface area contributed by atoms with E-state index in [-0.39, 0.29) is 24.8 Å². The van der Waals surface area contributed by atoms with Crippen LogP contribution in [-0.2, 0) is 16.6 Å². The summed E-state index contributed by atoms with van der Waals surface area (Å²) in [4.78, 5) is 0.900. The van der Waals surface area contributed by atoms with E-state index >= 15 is 0 Å². The van der Waals surface area contributed by atoms with E-state index in [9.17, 15) is 8.42 Å². The van der Waals surface area contributed by atoms with Crippen LogP contribution >= 0.6 is 36.2 Å². The second-order valence-electron chi connectivity index (χ2n) is 3.93. The van der Waals surface area contributed by atoms with Crippen molar-refractivity contribution in [1.82, 2.24) is 9.62 Å². The van der Waals surface area contributed by atoms with Crippen LogP contribution in [0.3, 0.4) is 0 Å². The lowest BCUT2D eigenvalue weighted by atomic mass is 10.4. The minimum atomic E-state index is -3.32. The fraction of sp³-hybridized carbons (Fsp3) is 0.600. The van der Waals surface area contributed by atoms with Crippen LogP contribution in [0.2, 0.25) is 0 Å². The lowest BCUT2D eigenvalue weighted by molar-refractivity contribution is 0.433. The van der Waals surface area contributed by atoms with E-state index in [2.05, 4.69) is 5.32 Å². The summed E-state index contributed by atoms with van der Waals surface area (Å²) < 4.78 is 26.6. The minimum Gasteiger partial charge on any atom is -0.326 e. The zero-order chi connectivity index (χ0) is 12.3. The molecule has 0 bridgehead atoms. The Morgan fingerprint density at radius 2 is 2.00 bits per heavy atom. The zero-order valence-electron chi connectivity index (χ0n) is 10.4. The van der Waals surface area contributed by atoms with Gasteiger partial charge in [-0.25, -0.2) is 8.42 Å². The predicted octanol–water partition coefficient (Wildman–Crippen LogP) is 1.03. The van der Waals surface area contributed by atoms with Crippen molar-refractivity contribution in [3.8, 4) is 0 Å². The number of sulfonamides is 1. The van der Waals surface area contributed by atoms with Gasteiger partial charge in [-0.1, -0.05) is 0 Å². The van der Waals surface area contributed by atoms with E-state index in [1.165, 1.54) is 11.3 Å². The lowest BCUT2D eigenvalue weighted by Gasteiger charge is -2.18. The van der Waals surface area contributed by atoms with Gasteiger partial charge in [-0.15, -0.1) is 36.2 Å². The Morgan fingerprint density at radius 1 is 1.26 bits per heavy atom. The SMILES string of the molecule is Cl.Cl.NCc1ccc(S(=O)(=O)N2CCCNCC2)s1. The van der Waals surface area contributed by atoms with Crippen LogP contribution < -0.4 is 11.1 Å². The Labute approximate surface area is 130 Å². The Morgan fingerprint density at radius 3 is 2.63 bits per heavy atom. The van der Waals surface area contributed by atoms with E-state index in [0.29, 0.717) is 30.4 Å². The first kappa shape index (κ1) is 19.1. The number of halogens is 2. The van der Waals surface area contributed by atoms with E-state index < -0.39 is 10.0 Å². The summed E-state index contributed by atoms with van der Waals surface area (Å²) in [5.74, 6) is 0. The van der Waals surface area contributed by atoms with Gasteiger partial charge in [-0.05, 0) is 25.1 Å². The molecule has 0 aromatic carbocycles. The third kappa shape index (κ3) is 4.56. The molecule has 0 unspecified atom stereocenters. The topological polar surface area (TPSA) is 75.4 Å². The first-order chi connectivity index (χ1) is 8.14. The maximum absolute atomic E-state index is 12.3. The van der Waals surface area contributed by atoms with E-state index in [0.717, 1.165) is 17.8 Å². The maximum Gasteiger partial charge on any atom is 0.252 e. The van der Waals surface area contributed by atoms with Gasteiger partial charge < -0.3 is 11.1 Å². The van der Waals surface area contributed by atoms with Crippen molar-refractivity contribution < 1.29 is 8.42 Å². The van der Waals surface area contributed by atoms with Gasteiger partial charge in [0, 0.05) is 31.1 Å². The molecule has 2 heterocycles. The Bertz CT molecular complexity index is 471. The predicted molar refractivity (Wildman–Crippen MR) is 83.0 cm³/mol. The zero-order valence-corrected chi connectivity index (χ0v) is 13.6. The van der Waals surface area contributed by atoms with Gasteiger partial charge in [-0.3, -0.25) is 0 Å². The number of nitrogens with one attached hydrogen (secondary N) is 1. The highest BCUT2D eigenvalue weighted by molar-refractivity contribution is 7.91. The van der Waals surface area contributed by atoms with Crippen LogP contribution in [0.4, 0.5) is 0 Å². The van der Waals surface area contributed by atoms with E-state index in [4.69, 9.17) is 5.73 Å². The molecule has 5 nitrogen and oxygen atoms in total. The largest absolute Gasteiger partial charge is 0.326 e. The molecule has 1 aliphatic heterocycles. The molecular formula is C10H19Cl2N3O2S2. The molecule has 1 aromatic heterocycles. The number of thiophene rings is 1. The molecule has 2 rings (SSSR count). The molecule has 0 aliphatic carbocycles. The van der Waals surface area contributed by atoms with Crippen molar-refractivity contribution in [3.63, 3.8) is 0 Å². The fourth-order valence-corrected chi connectivity index (χ4v) is 4.66. The van der Waals surface area contributed by atoms with Crippen molar-refractivity contribution in [2.45, 2.75) is 17.2 Å². The van der Waals surface area contributed by atoms with Crippen molar-refractivity contribution in [2.75, 3.05) is 26.2 Å². The standard InChI is InChI=1S/C10H17N3O2S2.2ClH/c11-8-9-2-3-10(16-9)17(14,15)13-6-1-4-12-5-7-13;;/h2-3,12H,1,4-8,11H2;2*1H. The van der Waals surface area contributed by atoms with Gasteiger partial charge in [0.1, 0.15) is 4.21 Å². The number of nitrogens with two attached hydrogens (primary N) is 1. The van der Waals surface area contributed by atoms with Gasteiger partial charge in [0.2, 0.25) is 0 Å². The van der Waals surface area contributed by atoms with Crippen LogP contribution in [0.25, 0.3) is 0 Å². The third-order valence-electron chi connectivity index (χ3n) is 2.73. The molecule has 1 fully saturated rings. The van der Waals surface area contributed by atoms with Crippen LogP contribution in [0.15, 0.2) is 16.3 Å². The number of hydrogen-bond acceptors (Lipinski definition) is 5. The molecule has 3 N–H and O–H groups in total. The first-order valence-electron chi connectivity index (χ1n) is 5.64. The quantitative estimate of drug-likeness (QED) is 0.856. The van der Waals surface area contributed by atoms with Gasteiger partial charge in [0.25, 0.3) is 10.0 Å². The van der Waals surface area contributed by atoms with Crippen molar-refractivity contribution in [2.24, 2.45) is 5.73 Å². The summed E-state index contributed by atoms with van der Waals surface area (Å²) in [7, 11) is -3.32. The monoisotopic (exact) mass is 347 g/mol. The fourth-order valence-electron chi connectivity index (χ4n) is 1.80.